The van der Waals surface area contributed by atoms with Crippen LogP contribution < -0.4 is 5.32 Å². The van der Waals surface area contributed by atoms with E-state index >= 15 is 0 Å². The predicted molar refractivity (Wildman–Crippen MR) is 168 cm³/mol. The first-order chi connectivity index (χ1) is 19.6. The van der Waals surface area contributed by atoms with Crippen LogP contribution in [0.3, 0.4) is 0 Å². The highest BCUT2D eigenvalue weighted by molar-refractivity contribution is 6.04. The Kier molecular flexibility index (Phi) is 4.98. The van der Waals surface area contributed by atoms with Crippen LogP contribution in [-0.4, -0.2) is 21.0 Å². The van der Waals surface area contributed by atoms with E-state index in [4.69, 9.17) is 15.0 Å². The molecule has 4 heterocycles. The van der Waals surface area contributed by atoms with Crippen LogP contribution in [0.1, 0.15) is 18.2 Å². The molecule has 0 fully saturated rings. The zero-order valence-corrected chi connectivity index (χ0v) is 22.3. The first kappa shape index (κ1) is 22.9. The maximum absolute atomic E-state index is 5.14. The van der Waals surface area contributed by atoms with E-state index in [1.165, 1.54) is 10.9 Å². The van der Waals surface area contributed by atoms with Crippen molar-refractivity contribution in [3.05, 3.63) is 114 Å². The molecule has 1 N–H and O–H groups in total. The summed E-state index contributed by atoms with van der Waals surface area (Å²) in [7, 11) is 0. The molecular weight excluding hydrogens is 488 g/mol. The molecule has 1 aliphatic heterocycles. The molecule has 4 heteroatoms. The van der Waals surface area contributed by atoms with Crippen LogP contribution in [-0.2, 0) is 0 Å². The van der Waals surface area contributed by atoms with Crippen molar-refractivity contribution in [2.75, 3.05) is 5.32 Å². The van der Waals surface area contributed by atoms with Crippen LogP contribution in [0.2, 0.25) is 0 Å². The molecule has 1 atom stereocenters. The summed E-state index contributed by atoms with van der Waals surface area (Å²) in [6.07, 6.45) is 4.37. The van der Waals surface area contributed by atoms with Crippen LogP contribution in [0, 0.1) is 6.92 Å². The number of anilines is 1. The van der Waals surface area contributed by atoms with E-state index in [1.54, 1.807) is 0 Å². The average molecular weight is 515 g/mol. The van der Waals surface area contributed by atoms with E-state index in [0.29, 0.717) is 0 Å². The average Bonchev–Trinajstić information content (AvgIpc) is 3.00. The molecule has 0 amide bonds. The molecule has 190 valence electrons. The smallest absolute Gasteiger partial charge is 0.0972 e. The topological polar surface area (TPSA) is 50.7 Å². The Hall–Kier alpha value is -5.09. The van der Waals surface area contributed by atoms with Crippen LogP contribution in [0.15, 0.2) is 103 Å². The van der Waals surface area contributed by atoms with Gasteiger partial charge in [-0.05, 0) is 60.5 Å². The summed E-state index contributed by atoms with van der Waals surface area (Å²) >= 11 is 0. The Bertz CT molecular complexity index is 2180. The van der Waals surface area contributed by atoms with Gasteiger partial charge in [-0.1, -0.05) is 78.9 Å². The normalized spacial score (nSPS) is 14.6. The highest BCUT2D eigenvalue weighted by atomic mass is 14.9. The molecule has 0 aliphatic carbocycles. The molecule has 0 spiro atoms. The number of nitrogens with one attached hydrogen (secondary N) is 1. The number of hydrogen-bond acceptors (Lipinski definition) is 4. The van der Waals surface area contributed by atoms with Crippen LogP contribution in [0.25, 0.3) is 72.1 Å². The number of aromatic nitrogens is 3. The van der Waals surface area contributed by atoms with Crippen molar-refractivity contribution < 1.29 is 0 Å². The summed E-state index contributed by atoms with van der Waals surface area (Å²) < 4.78 is 0. The van der Waals surface area contributed by atoms with Crippen molar-refractivity contribution in [3.63, 3.8) is 0 Å². The van der Waals surface area contributed by atoms with Gasteiger partial charge in [0.25, 0.3) is 0 Å². The molecule has 40 heavy (non-hydrogen) atoms. The van der Waals surface area contributed by atoms with E-state index in [1.807, 2.05) is 13.0 Å². The summed E-state index contributed by atoms with van der Waals surface area (Å²) in [5.74, 6) is 0. The molecule has 3 aromatic heterocycles. The summed E-state index contributed by atoms with van der Waals surface area (Å²) in [6.45, 7) is 4.18. The summed E-state index contributed by atoms with van der Waals surface area (Å²) in [4.78, 5) is 15.0. The lowest BCUT2D eigenvalue weighted by Gasteiger charge is -2.20. The molecule has 7 aromatic rings. The van der Waals surface area contributed by atoms with Gasteiger partial charge < -0.3 is 5.32 Å². The highest BCUT2D eigenvalue weighted by Crippen LogP contribution is 2.34. The Labute approximate surface area is 232 Å². The second-order valence-corrected chi connectivity index (χ2v) is 10.7. The van der Waals surface area contributed by atoms with Crippen LogP contribution in [0.5, 0.6) is 0 Å². The van der Waals surface area contributed by atoms with Gasteiger partial charge in [0.05, 0.1) is 33.6 Å². The minimum absolute atomic E-state index is 0.282. The van der Waals surface area contributed by atoms with Gasteiger partial charge in [-0.2, -0.15) is 0 Å². The van der Waals surface area contributed by atoms with Gasteiger partial charge in [-0.15, -0.1) is 0 Å². The third kappa shape index (κ3) is 3.72. The van der Waals surface area contributed by atoms with Crippen molar-refractivity contribution in [3.8, 4) is 22.5 Å². The largest absolute Gasteiger partial charge is 0.377 e. The number of fused-ring (bicyclic) bond motifs is 7. The third-order valence-corrected chi connectivity index (χ3v) is 7.92. The fourth-order valence-electron chi connectivity index (χ4n) is 5.77. The van der Waals surface area contributed by atoms with Gasteiger partial charge >= 0.3 is 0 Å². The van der Waals surface area contributed by atoms with Gasteiger partial charge in [0.2, 0.25) is 0 Å². The summed E-state index contributed by atoms with van der Waals surface area (Å²) in [5.41, 5.74) is 10.3. The third-order valence-electron chi connectivity index (χ3n) is 7.92. The molecule has 8 rings (SSSR count). The van der Waals surface area contributed by atoms with Crippen molar-refractivity contribution in [2.24, 2.45) is 0 Å². The second-order valence-electron chi connectivity index (χ2n) is 10.7. The van der Waals surface area contributed by atoms with Gasteiger partial charge in [-0.3, -0.25) is 4.98 Å². The maximum Gasteiger partial charge on any atom is 0.0972 e. The van der Waals surface area contributed by atoms with E-state index < -0.39 is 0 Å². The zero-order valence-electron chi connectivity index (χ0n) is 22.3. The van der Waals surface area contributed by atoms with Gasteiger partial charge in [-0.25, -0.2) is 9.97 Å². The minimum atomic E-state index is 0.282. The van der Waals surface area contributed by atoms with Crippen molar-refractivity contribution in [1.29, 1.82) is 0 Å². The van der Waals surface area contributed by atoms with Crippen LogP contribution >= 0.6 is 0 Å². The number of rotatable bonds is 2. The molecular formula is C36H26N4. The number of pyridine rings is 3. The van der Waals surface area contributed by atoms with Gasteiger partial charge in [0.1, 0.15) is 0 Å². The fraction of sp³-hybridized carbons (Fsp3) is 0.0833. The molecule has 1 unspecified atom stereocenters. The van der Waals surface area contributed by atoms with Crippen LogP contribution in [0.4, 0.5) is 5.69 Å². The van der Waals surface area contributed by atoms with Crippen molar-refractivity contribution in [1.82, 2.24) is 15.0 Å². The molecule has 0 radical (unpaired) electrons. The quantitative estimate of drug-likeness (QED) is 0.234. The standard InChI is InChI=1S/C36H26N4/c1-21-3-5-24-9-11-26-15-17-31(39-35(26)33(24)37-21)28-13-7-23-8-14-29(20-30(23)19-28)32-18-16-27-12-10-25-6-4-22(2)38-34(25)36(27)40-32/h3-21,37H,1-2H3. The minimum Gasteiger partial charge on any atom is -0.377 e. The predicted octanol–water partition coefficient (Wildman–Crippen LogP) is 8.95. The summed E-state index contributed by atoms with van der Waals surface area (Å²) in [5, 5.41) is 9.30. The molecule has 4 aromatic carbocycles. The number of nitrogens with zero attached hydrogens (tertiary/aromatic N) is 3. The first-order valence-corrected chi connectivity index (χ1v) is 13.7. The molecule has 0 saturated carbocycles. The molecule has 0 bridgehead atoms. The second kappa shape index (κ2) is 8.72. The van der Waals surface area contributed by atoms with E-state index in [0.717, 1.165) is 72.0 Å². The Morgan fingerprint density at radius 1 is 0.550 bits per heavy atom. The maximum atomic E-state index is 5.14. The first-order valence-electron chi connectivity index (χ1n) is 13.7. The number of hydrogen-bond donors (Lipinski definition) is 1. The Balaban J connectivity index is 1.24. The molecule has 4 nitrogen and oxygen atoms in total. The van der Waals surface area contributed by atoms with E-state index in [9.17, 15) is 0 Å². The lowest BCUT2D eigenvalue weighted by atomic mass is 9.99. The fourth-order valence-corrected chi connectivity index (χ4v) is 5.77. The number of aryl methyl sites for hydroxylation is 1. The molecule has 0 saturated heterocycles. The lowest BCUT2D eigenvalue weighted by molar-refractivity contribution is 0.994. The molecule has 1 aliphatic rings. The zero-order chi connectivity index (χ0) is 26.8. The Morgan fingerprint density at radius 3 is 1.82 bits per heavy atom. The monoisotopic (exact) mass is 514 g/mol. The Morgan fingerprint density at radius 2 is 1.10 bits per heavy atom. The van der Waals surface area contributed by atoms with Crippen molar-refractivity contribution in [2.45, 2.75) is 19.9 Å². The van der Waals surface area contributed by atoms with Gasteiger partial charge in [0, 0.05) is 39.0 Å². The summed E-state index contributed by atoms with van der Waals surface area (Å²) in [6, 6.07) is 34.7. The lowest BCUT2D eigenvalue weighted by Crippen LogP contribution is -2.16. The highest BCUT2D eigenvalue weighted by Gasteiger charge is 2.14. The van der Waals surface area contributed by atoms with E-state index in [-0.39, 0.29) is 6.04 Å². The number of benzene rings is 4. The van der Waals surface area contributed by atoms with Gasteiger partial charge in [0.15, 0.2) is 0 Å². The van der Waals surface area contributed by atoms with E-state index in [2.05, 4.69) is 115 Å². The SMILES string of the molecule is Cc1ccc2ccc3ccc(-c4ccc5ccc(-c6ccc7ccc8c(c7n6)NC(C)C=C8)cc5c4)nc3c2n1. The van der Waals surface area contributed by atoms with Crippen molar-refractivity contribution >= 4 is 55.2 Å².